The third kappa shape index (κ3) is 3.65. The van der Waals surface area contributed by atoms with Crippen molar-refractivity contribution in [3.05, 3.63) is 21.4 Å². The number of carbonyl (C=O) groups is 4. The number of fused-ring (bicyclic) bond motifs is 1. The third-order valence-corrected chi connectivity index (χ3v) is 5.64. The molecule has 1 aliphatic carbocycles. The first kappa shape index (κ1) is 17.4. The second-order valence-corrected chi connectivity index (χ2v) is 7.66. The van der Waals surface area contributed by atoms with Gasteiger partial charge in [-0.15, -0.1) is 11.3 Å². The van der Waals surface area contributed by atoms with Gasteiger partial charge in [0.25, 0.3) is 17.7 Å². The topological polar surface area (TPSA) is 98.8 Å². The monoisotopic (exact) mass is 364 g/mol. The van der Waals surface area contributed by atoms with Crippen molar-refractivity contribution >= 4 is 35.1 Å². The predicted molar refractivity (Wildman–Crippen MR) is 90.9 cm³/mol. The number of hydrogen-bond acceptors (Lipinski definition) is 5. The van der Waals surface area contributed by atoms with E-state index in [2.05, 4.69) is 17.8 Å². The molecule has 9 heteroatoms. The van der Waals surface area contributed by atoms with E-state index in [4.69, 9.17) is 0 Å². The second-order valence-electron chi connectivity index (χ2n) is 6.53. The summed E-state index contributed by atoms with van der Waals surface area (Å²) in [5.74, 6) is -0.836. The van der Waals surface area contributed by atoms with Crippen LogP contribution in [0.15, 0.2) is 6.07 Å². The number of urea groups is 1. The average Bonchev–Trinajstić information content (AvgIpc) is 3.08. The molecule has 0 spiro atoms. The number of hydrogen-bond donors (Lipinski definition) is 2. The van der Waals surface area contributed by atoms with Gasteiger partial charge in [-0.1, -0.05) is 6.92 Å². The molecule has 1 fully saturated rings. The first-order valence-corrected chi connectivity index (χ1v) is 8.93. The van der Waals surface area contributed by atoms with Gasteiger partial charge >= 0.3 is 6.03 Å². The Morgan fingerprint density at radius 2 is 2.08 bits per heavy atom. The molecule has 0 bridgehead atoms. The molecule has 3 rings (SSSR count). The van der Waals surface area contributed by atoms with Gasteiger partial charge in [0.05, 0.1) is 4.88 Å². The maximum atomic E-state index is 12.2. The van der Waals surface area contributed by atoms with Crippen molar-refractivity contribution in [3.63, 3.8) is 0 Å². The molecule has 1 atom stereocenters. The van der Waals surface area contributed by atoms with Gasteiger partial charge in [-0.3, -0.25) is 30.1 Å². The Morgan fingerprint density at radius 3 is 2.76 bits per heavy atom. The molecule has 25 heavy (non-hydrogen) atoms. The highest BCUT2D eigenvalue weighted by Gasteiger charge is 2.34. The maximum absolute atomic E-state index is 12.2. The van der Waals surface area contributed by atoms with E-state index in [1.165, 1.54) is 33.7 Å². The highest BCUT2D eigenvalue weighted by atomic mass is 32.1. The molecular weight excluding hydrogens is 344 g/mol. The number of rotatable bonds is 3. The summed E-state index contributed by atoms with van der Waals surface area (Å²) in [4.78, 5) is 51.3. The summed E-state index contributed by atoms with van der Waals surface area (Å²) in [6, 6.07) is 1.35. The van der Waals surface area contributed by atoms with E-state index in [0.29, 0.717) is 10.8 Å². The molecule has 1 aromatic heterocycles. The highest BCUT2D eigenvalue weighted by molar-refractivity contribution is 7.14. The van der Waals surface area contributed by atoms with Crippen LogP contribution >= 0.6 is 11.3 Å². The van der Waals surface area contributed by atoms with Crippen LogP contribution in [0.1, 0.15) is 33.5 Å². The Morgan fingerprint density at radius 1 is 1.32 bits per heavy atom. The molecule has 2 aliphatic rings. The van der Waals surface area contributed by atoms with Crippen LogP contribution in [0.25, 0.3) is 0 Å². The van der Waals surface area contributed by atoms with Crippen molar-refractivity contribution in [2.45, 2.75) is 26.2 Å². The Bertz CT molecular complexity index is 744. The Kier molecular flexibility index (Phi) is 4.76. The Hall–Kier alpha value is -2.42. The van der Waals surface area contributed by atoms with E-state index in [9.17, 15) is 19.2 Å². The van der Waals surface area contributed by atoms with Crippen LogP contribution in [0.4, 0.5) is 4.79 Å². The van der Waals surface area contributed by atoms with Gasteiger partial charge in [-0.05, 0) is 36.8 Å². The number of likely N-dealkylation sites (N-methyl/N-ethyl adjacent to an activating group) is 1. The molecule has 1 saturated heterocycles. The lowest BCUT2D eigenvalue weighted by atomic mass is 9.90. The number of amides is 5. The van der Waals surface area contributed by atoms with E-state index in [1.54, 1.807) is 0 Å². The lowest BCUT2D eigenvalue weighted by Gasteiger charge is -2.16. The van der Waals surface area contributed by atoms with Crippen LogP contribution in [0.5, 0.6) is 0 Å². The molecule has 0 unspecified atom stereocenters. The first-order valence-electron chi connectivity index (χ1n) is 8.11. The fraction of sp³-hybridized carbons (Fsp3) is 0.500. The molecule has 0 radical (unpaired) electrons. The largest absolute Gasteiger partial charge is 0.327 e. The second kappa shape index (κ2) is 6.83. The number of carbonyl (C=O) groups excluding carboxylic acids is 4. The normalized spacial score (nSPS) is 19.8. The van der Waals surface area contributed by atoms with E-state index in [-0.39, 0.29) is 6.54 Å². The zero-order valence-corrected chi connectivity index (χ0v) is 14.9. The molecule has 1 aliphatic heterocycles. The third-order valence-electron chi connectivity index (χ3n) is 4.40. The number of nitrogens with zero attached hydrogens (tertiary/aromatic N) is 2. The number of thiophene rings is 1. The molecule has 0 aromatic carbocycles. The summed E-state index contributed by atoms with van der Waals surface area (Å²) >= 11 is 1.44. The summed E-state index contributed by atoms with van der Waals surface area (Å²) in [6.07, 6.45) is 3.07. The summed E-state index contributed by atoms with van der Waals surface area (Å²) < 4.78 is 0. The van der Waals surface area contributed by atoms with Crippen LogP contribution in [0.3, 0.4) is 0 Å². The SMILES string of the molecule is C[C@H]1CCc2sc(C(=O)NNC(=O)CN3C(=O)CN(C)C3=O)cc2C1. The standard InChI is InChI=1S/C16H20N4O4S/c1-9-3-4-11-10(5-9)6-12(25-11)15(23)18-17-13(21)7-20-14(22)8-19(2)16(20)24/h6,9H,3-5,7-8H2,1-2H3,(H,17,21)(H,18,23)/t9-/m0/s1. The van der Waals surface area contributed by atoms with Crippen molar-refractivity contribution in [2.24, 2.45) is 5.92 Å². The lowest BCUT2D eigenvalue weighted by molar-refractivity contribution is -0.131. The quantitative estimate of drug-likeness (QED) is 0.604. The Balaban J connectivity index is 1.53. The smallest absolute Gasteiger partial charge is 0.318 e. The van der Waals surface area contributed by atoms with E-state index in [0.717, 1.165) is 24.2 Å². The maximum Gasteiger partial charge on any atom is 0.327 e. The predicted octanol–water partition coefficient (Wildman–Crippen LogP) is 0.528. The van der Waals surface area contributed by atoms with Gasteiger partial charge in [0, 0.05) is 11.9 Å². The molecule has 1 aromatic rings. The van der Waals surface area contributed by atoms with Crippen molar-refractivity contribution < 1.29 is 19.2 Å². The van der Waals surface area contributed by atoms with Gasteiger partial charge in [0.2, 0.25) is 0 Å². The van der Waals surface area contributed by atoms with Crippen molar-refractivity contribution in [2.75, 3.05) is 20.1 Å². The van der Waals surface area contributed by atoms with Crippen LogP contribution < -0.4 is 10.9 Å². The van der Waals surface area contributed by atoms with Crippen LogP contribution in [-0.2, 0) is 22.4 Å². The molecule has 134 valence electrons. The van der Waals surface area contributed by atoms with Crippen LogP contribution in [0, 0.1) is 5.92 Å². The minimum atomic E-state index is -0.625. The van der Waals surface area contributed by atoms with Gasteiger partial charge in [0.1, 0.15) is 13.1 Å². The highest BCUT2D eigenvalue weighted by Crippen LogP contribution is 2.32. The van der Waals surface area contributed by atoms with Crippen molar-refractivity contribution in [1.29, 1.82) is 0 Å². The number of nitrogens with one attached hydrogen (secondary N) is 2. The fourth-order valence-corrected chi connectivity index (χ4v) is 4.12. The molecule has 5 amide bonds. The lowest BCUT2D eigenvalue weighted by Crippen LogP contribution is -2.47. The number of imide groups is 1. The van der Waals surface area contributed by atoms with Gasteiger partial charge < -0.3 is 4.90 Å². The molecule has 8 nitrogen and oxygen atoms in total. The fourth-order valence-electron chi connectivity index (χ4n) is 3.01. The van der Waals surface area contributed by atoms with E-state index >= 15 is 0 Å². The van der Waals surface area contributed by atoms with Crippen LogP contribution in [0.2, 0.25) is 0 Å². The summed E-state index contributed by atoms with van der Waals surface area (Å²) in [6.45, 7) is 1.73. The summed E-state index contributed by atoms with van der Waals surface area (Å²) in [5, 5.41) is 0. The minimum Gasteiger partial charge on any atom is -0.318 e. The molecule has 2 N–H and O–H groups in total. The van der Waals surface area contributed by atoms with Crippen molar-refractivity contribution in [1.82, 2.24) is 20.7 Å². The Labute approximate surface area is 149 Å². The van der Waals surface area contributed by atoms with Gasteiger partial charge in [-0.25, -0.2) is 4.79 Å². The average molecular weight is 364 g/mol. The molecular formula is C16H20N4O4S. The number of hydrazine groups is 1. The molecule has 2 heterocycles. The van der Waals surface area contributed by atoms with E-state index in [1.807, 2.05) is 6.07 Å². The summed E-state index contributed by atoms with van der Waals surface area (Å²) in [7, 11) is 1.49. The zero-order valence-electron chi connectivity index (χ0n) is 14.1. The summed E-state index contributed by atoms with van der Waals surface area (Å²) in [5.41, 5.74) is 5.80. The van der Waals surface area contributed by atoms with Gasteiger partial charge in [0.15, 0.2) is 0 Å². The zero-order chi connectivity index (χ0) is 18.1. The minimum absolute atomic E-state index is 0.0440. The first-order chi connectivity index (χ1) is 11.8. The van der Waals surface area contributed by atoms with E-state index < -0.39 is 30.3 Å². The van der Waals surface area contributed by atoms with Crippen LogP contribution in [-0.4, -0.2) is 53.7 Å². The van der Waals surface area contributed by atoms with Gasteiger partial charge in [-0.2, -0.15) is 0 Å². The van der Waals surface area contributed by atoms with Crippen molar-refractivity contribution in [3.8, 4) is 0 Å². The number of aryl methyl sites for hydroxylation is 1. The molecule has 0 saturated carbocycles.